The van der Waals surface area contributed by atoms with E-state index in [1.807, 2.05) is 0 Å². The zero-order chi connectivity index (χ0) is 19.5. The molecule has 25 heavy (non-hydrogen) atoms. The number of hydrogen-bond acceptors (Lipinski definition) is 3. The normalized spacial score (nSPS) is 21.0. The maximum absolute atomic E-state index is 14.6. The number of rotatable bonds is 2. The largest absolute Gasteiger partial charge is 0.714 e. The van der Waals surface area contributed by atoms with Crippen LogP contribution in [0.15, 0.2) is 12.1 Å². The fourth-order valence-corrected chi connectivity index (χ4v) is 2.66. The summed E-state index contributed by atoms with van der Waals surface area (Å²) < 4.78 is 29.6. The summed E-state index contributed by atoms with van der Waals surface area (Å²) in [7, 11) is 0. The fraction of sp³-hybridized carbons (Fsp3) is 0.588. The molecule has 1 N–H and O–H groups in total. The van der Waals surface area contributed by atoms with Gasteiger partial charge in [0.2, 0.25) is 0 Å². The van der Waals surface area contributed by atoms with Gasteiger partial charge in [-0.2, -0.15) is 0 Å². The summed E-state index contributed by atoms with van der Waals surface area (Å²) in [6, 6.07) is 1.75. The molecule has 0 fully saturated rings. The van der Waals surface area contributed by atoms with Crippen molar-refractivity contribution in [3.05, 3.63) is 39.7 Å². The molecular formula is C17H24F2N3O3. The molecule has 1 atom stereocenters. The molecule has 139 valence electrons. The van der Waals surface area contributed by atoms with Gasteiger partial charge in [-0.15, -0.1) is 0 Å². The van der Waals surface area contributed by atoms with Crippen molar-refractivity contribution in [2.24, 2.45) is 0 Å². The van der Waals surface area contributed by atoms with Crippen molar-refractivity contribution in [3.8, 4) is 0 Å². The van der Waals surface area contributed by atoms with Crippen molar-refractivity contribution in [3.63, 3.8) is 0 Å². The summed E-state index contributed by atoms with van der Waals surface area (Å²) in [5, 5.41) is 37.3. The first kappa shape index (κ1) is 19.6. The number of benzene rings is 1. The average molecular weight is 356 g/mol. The monoisotopic (exact) mass is 356 g/mol. The Morgan fingerprint density at radius 3 is 1.88 bits per heavy atom. The lowest BCUT2D eigenvalue weighted by Crippen LogP contribution is -3.10. The maximum Gasteiger partial charge on any atom is 0.322 e. The van der Waals surface area contributed by atoms with Crippen LogP contribution < -0.4 is 5.06 Å². The lowest BCUT2D eigenvalue weighted by molar-refractivity contribution is -0.832. The first-order valence-electron chi connectivity index (χ1n) is 8.00. The Balaban J connectivity index is 2.65. The highest BCUT2D eigenvalue weighted by molar-refractivity contribution is 5.96. The third-order valence-corrected chi connectivity index (χ3v) is 5.11. The van der Waals surface area contributed by atoms with Crippen LogP contribution in [-0.4, -0.2) is 32.3 Å². The highest BCUT2D eigenvalue weighted by Gasteiger charge is 2.60. The molecule has 6 nitrogen and oxygen atoms in total. The van der Waals surface area contributed by atoms with E-state index < -0.39 is 44.7 Å². The first-order chi connectivity index (χ1) is 11.1. The van der Waals surface area contributed by atoms with Gasteiger partial charge in [-0.1, -0.05) is 5.06 Å². The summed E-state index contributed by atoms with van der Waals surface area (Å²) in [5.41, 5.74) is -4.06. The molecule has 1 aliphatic heterocycles. The van der Waals surface area contributed by atoms with Crippen LogP contribution in [0.2, 0.25) is 0 Å². The molecule has 0 aliphatic carbocycles. The Labute approximate surface area is 146 Å². The summed E-state index contributed by atoms with van der Waals surface area (Å²) >= 11 is 0. The Morgan fingerprint density at radius 2 is 1.56 bits per heavy atom. The smallest absolute Gasteiger partial charge is 0.322 e. The molecular weight excluding hydrogens is 332 g/mol. The van der Waals surface area contributed by atoms with Crippen molar-refractivity contribution in [1.29, 1.82) is 0 Å². The van der Waals surface area contributed by atoms with E-state index in [0.29, 0.717) is 9.80 Å². The molecule has 1 aliphatic rings. The van der Waals surface area contributed by atoms with E-state index >= 15 is 0 Å². The second-order valence-corrected chi connectivity index (χ2v) is 8.42. The van der Waals surface area contributed by atoms with E-state index in [1.54, 1.807) is 20.8 Å². The minimum atomic E-state index is -1.19. The number of nitrogens with one attached hydrogen (secondary N) is 1. The zero-order valence-electron chi connectivity index (χ0n) is 15.5. The maximum atomic E-state index is 14.6. The molecule has 8 heteroatoms. The average Bonchev–Trinajstić information content (AvgIpc) is 2.57. The summed E-state index contributed by atoms with van der Waals surface area (Å²) in [5.74, 6) is -2.85. The van der Waals surface area contributed by atoms with Gasteiger partial charge in [-0.05, 0) is 48.5 Å². The van der Waals surface area contributed by atoms with Crippen molar-refractivity contribution < 1.29 is 23.8 Å². The van der Waals surface area contributed by atoms with Crippen molar-refractivity contribution in [2.45, 2.75) is 65.1 Å². The van der Waals surface area contributed by atoms with Crippen molar-refractivity contribution in [1.82, 2.24) is 5.06 Å². The molecule has 0 aromatic heterocycles. The summed E-state index contributed by atoms with van der Waals surface area (Å²) in [6.07, 6.45) is 0. The second kappa shape index (κ2) is 5.62. The van der Waals surface area contributed by atoms with Gasteiger partial charge in [-0.25, -0.2) is 8.78 Å². The van der Waals surface area contributed by atoms with E-state index in [2.05, 4.69) is 0 Å². The Morgan fingerprint density at radius 1 is 1.12 bits per heavy atom. The van der Waals surface area contributed by atoms with E-state index in [1.165, 1.54) is 27.7 Å². The van der Waals surface area contributed by atoms with Gasteiger partial charge in [0, 0.05) is 17.3 Å². The molecule has 1 unspecified atom stereocenters. The SMILES string of the molecule is CC(C)(C)[NH+]([O-])c1cc(F)c(C2=[N+]([O-])C(C)(C)C(C)(C)N2[O])c(F)c1. The quantitative estimate of drug-likeness (QED) is 0.502. The third-order valence-electron chi connectivity index (χ3n) is 5.11. The lowest BCUT2D eigenvalue weighted by Gasteiger charge is -2.35. The van der Waals surface area contributed by atoms with Crippen LogP contribution >= 0.6 is 0 Å². The van der Waals surface area contributed by atoms with Gasteiger partial charge in [0.1, 0.15) is 28.4 Å². The Hall–Kier alpha value is -1.77. The molecule has 1 heterocycles. The number of amidine groups is 1. The summed E-state index contributed by atoms with van der Waals surface area (Å²) in [6.45, 7) is 11.0. The number of quaternary nitrogens is 1. The van der Waals surface area contributed by atoms with E-state index in [9.17, 15) is 24.4 Å². The van der Waals surface area contributed by atoms with Crippen LogP contribution in [-0.2, 0) is 5.21 Å². The van der Waals surface area contributed by atoms with Crippen LogP contribution in [0.3, 0.4) is 0 Å². The van der Waals surface area contributed by atoms with Gasteiger partial charge >= 0.3 is 5.84 Å². The minimum absolute atomic E-state index is 0.140. The predicted octanol–water partition coefficient (Wildman–Crippen LogP) is 2.25. The molecule has 0 saturated heterocycles. The van der Waals surface area contributed by atoms with Crippen molar-refractivity contribution >= 4 is 11.5 Å². The molecule has 0 bridgehead atoms. The second-order valence-electron chi connectivity index (χ2n) is 8.42. The van der Waals surface area contributed by atoms with Gasteiger partial charge < -0.3 is 15.5 Å². The van der Waals surface area contributed by atoms with E-state index in [-0.39, 0.29) is 5.69 Å². The molecule has 0 saturated carbocycles. The predicted molar refractivity (Wildman–Crippen MR) is 88.5 cm³/mol. The first-order valence-corrected chi connectivity index (χ1v) is 8.00. The topological polar surface area (TPSA) is 76.7 Å². The third kappa shape index (κ3) is 2.78. The molecule has 1 aromatic carbocycles. The van der Waals surface area contributed by atoms with Crippen LogP contribution in [0.1, 0.15) is 54.0 Å². The van der Waals surface area contributed by atoms with Crippen molar-refractivity contribution in [2.75, 3.05) is 0 Å². The number of halogens is 2. The minimum Gasteiger partial charge on any atom is -0.714 e. The zero-order valence-corrected chi connectivity index (χ0v) is 15.5. The van der Waals surface area contributed by atoms with Gasteiger partial charge in [0.25, 0.3) is 0 Å². The number of hydrogen-bond donors (Lipinski definition) is 1. The van der Waals surface area contributed by atoms with Gasteiger partial charge in [0.05, 0.1) is 5.54 Å². The van der Waals surface area contributed by atoms with Crippen LogP contribution in [0.4, 0.5) is 14.5 Å². The standard InChI is InChI=1S/C17H24F2N3O3/c1-15(2,3)20(23)10-8-11(18)13(12(19)9-10)14-21(24)16(4,5)17(6,7)22(14)25/h8-9,20H,1-7H3. The Bertz CT molecular complexity index is 716. The van der Waals surface area contributed by atoms with Crippen LogP contribution in [0.25, 0.3) is 0 Å². The lowest BCUT2D eigenvalue weighted by atomic mass is 9.84. The van der Waals surface area contributed by atoms with E-state index in [4.69, 9.17) is 0 Å². The highest BCUT2D eigenvalue weighted by atomic mass is 19.1. The molecule has 2 rings (SSSR count). The Kier molecular flexibility index (Phi) is 4.39. The molecule has 0 amide bonds. The fourth-order valence-electron chi connectivity index (χ4n) is 2.66. The van der Waals surface area contributed by atoms with Gasteiger partial charge in [-0.3, -0.25) is 4.74 Å². The highest BCUT2D eigenvalue weighted by Crippen LogP contribution is 2.38. The molecule has 0 spiro atoms. The van der Waals surface area contributed by atoms with E-state index in [0.717, 1.165) is 12.1 Å². The van der Waals surface area contributed by atoms with Gasteiger partial charge in [0.15, 0.2) is 5.54 Å². The molecule has 1 aromatic rings. The summed E-state index contributed by atoms with van der Waals surface area (Å²) in [4.78, 5) is 0. The number of hydroxylamine groups is 4. The van der Waals surface area contributed by atoms with Crippen LogP contribution in [0.5, 0.6) is 0 Å². The molecule has 1 radical (unpaired) electrons. The van der Waals surface area contributed by atoms with Crippen LogP contribution in [0, 0.1) is 22.0 Å². The number of nitrogens with zero attached hydrogens (tertiary/aromatic N) is 2.